The van der Waals surface area contributed by atoms with Gasteiger partial charge in [-0.15, -0.1) is 0 Å². The molecule has 1 unspecified atom stereocenters. The summed E-state index contributed by atoms with van der Waals surface area (Å²) in [6, 6.07) is 6.69. The minimum absolute atomic E-state index is 0.0455. The van der Waals surface area contributed by atoms with Gasteiger partial charge in [-0.1, -0.05) is 12.1 Å². The van der Waals surface area contributed by atoms with Crippen LogP contribution >= 0.6 is 0 Å². The fourth-order valence-electron chi connectivity index (χ4n) is 2.76. The number of carbonyl (C=O) groups excluding carboxylic acids is 1. The van der Waals surface area contributed by atoms with Crippen LogP contribution in [0.4, 0.5) is 4.39 Å². The van der Waals surface area contributed by atoms with E-state index in [0.29, 0.717) is 13.1 Å². The average Bonchev–Trinajstić information content (AvgIpc) is 2.48. The number of benzene rings is 1. The quantitative estimate of drug-likeness (QED) is 0.779. The highest BCUT2D eigenvalue weighted by Gasteiger charge is 2.25. The number of amides is 1. The lowest BCUT2D eigenvalue weighted by Gasteiger charge is -2.32. The van der Waals surface area contributed by atoms with Crippen molar-refractivity contribution in [1.82, 2.24) is 15.5 Å². The fourth-order valence-corrected chi connectivity index (χ4v) is 2.76. The van der Waals surface area contributed by atoms with Crippen molar-refractivity contribution in [3.8, 4) is 0 Å². The fraction of sp³-hybridized carbons (Fsp3) is 0.562. The van der Waals surface area contributed by atoms with Gasteiger partial charge in [0.25, 0.3) is 0 Å². The zero-order chi connectivity index (χ0) is 15.1. The lowest BCUT2D eigenvalue weighted by molar-refractivity contribution is -0.126. The Labute approximate surface area is 125 Å². The maximum Gasteiger partial charge on any atom is 0.224 e. The highest BCUT2D eigenvalue weighted by Crippen LogP contribution is 2.19. The normalized spacial score (nSPS) is 19.4. The molecule has 0 aromatic heterocycles. The summed E-state index contributed by atoms with van der Waals surface area (Å²) in [6.45, 7) is 3.87. The third-order valence-electron chi connectivity index (χ3n) is 3.85. The maximum atomic E-state index is 13.2. The summed E-state index contributed by atoms with van der Waals surface area (Å²) in [5.74, 6) is -0.0239. The summed E-state index contributed by atoms with van der Waals surface area (Å²) >= 11 is 0. The Kier molecular flexibility index (Phi) is 6.14. The first-order chi connectivity index (χ1) is 10.2. The predicted octanol–water partition coefficient (Wildman–Crippen LogP) is 1.37. The number of likely N-dealkylation sites (N-methyl/N-ethyl adjacent to an activating group) is 1. The second kappa shape index (κ2) is 8.10. The minimum atomic E-state index is -0.203. The van der Waals surface area contributed by atoms with Gasteiger partial charge in [0.15, 0.2) is 0 Å². The van der Waals surface area contributed by atoms with Crippen LogP contribution in [0.1, 0.15) is 18.4 Å². The Hall–Kier alpha value is -1.46. The number of rotatable bonds is 6. The van der Waals surface area contributed by atoms with Crippen molar-refractivity contribution in [1.29, 1.82) is 0 Å². The van der Waals surface area contributed by atoms with Gasteiger partial charge in [0, 0.05) is 26.2 Å². The van der Waals surface area contributed by atoms with Crippen LogP contribution in [0.15, 0.2) is 24.3 Å². The molecule has 5 heteroatoms. The number of carbonyl (C=O) groups is 1. The molecule has 1 amide bonds. The highest BCUT2D eigenvalue weighted by molar-refractivity contribution is 5.78. The second-order valence-electron chi connectivity index (χ2n) is 5.60. The molecule has 0 aliphatic carbocycles. The molecular formula is C16H24FN3O. The van der Waals surface area contributed by atoms with Gasteiger partial charge in [-0.2, -0.15) is 0 Å². The van der Waals surface area contributed by atoms with Gasteiger partial charge in [-0.05, 0) is 44.1 Å². The Morgan fingerprint density at radius 1 is 1.43 bits per heavy atom. The molecule has 1 aliphatic rings. The van der Waals surface area contributed by atoms with Crippen molar-refractivity contribution in [2.75, 3.05) is 33.2 Å². The maximum absolute atomic E-state index is 13.2. The van der Waals surface area contributed by atoms with Crippen LogP contribution in [0.2, 0.25) is 0 Å². The molecule has 0 bridgehead atoms. The molecule has 1 aromatic carbocycles. The zero-order valence-corrected chi connectivity index (χ0v) is 12.6. The van der Waals surface area contributed by atoms with Crippen molar-refractivity contribution in [3.63, 3.8) is 0 Å². The van der Waals surface area contributed by atoms with Gasteiger partial charge in [0.2, 0.25) is 5.91 Å². The van der Waals surface area contributed by atoms with Crippen LogP contribution in [-0.4, -0.2) is 44.0 Å². The summed E-state index contributed by atoms with van der Waals surface area (Å²) in [4.78, 5) is 14.3. The topological polar surface area (TPSA) is 44.4 Å². The molecule has 116 valence electrons. The molecule has 0 spiro atoms. The molecule has 1 atom stereocenters. The van der Waals surface area contributed by atoms with Gasteiger partial charge in [0.1, 0.15) is 5.82 Å². The van der Waals surface area contributed by atoms with E-state index in [1.807, 2.05) is 13.1 Å². The molecule has 1 heterocycles. The molecule has 1 fully saturated rings. The number of hydrogen-bond donors (Lipinski definition) is 2. The van der Waals surface area contributed by atoms with Gasteiger partial charge in [0.05, 0.1) is 5.92 Å². The van der Waals surface area contributed by atoms with E-state index >= 15 is 0 Å². The molecular weight excluding hydrogens is 269 g/mol. The number of hydrogen-bond acceptors (Lipinski definition) is 3. The first-order valence-electron chi connectivity index (χ1n) is 7.58. The monoisotopic (exact) mass is 293 g/mol. The van der Waals surface area contributed by atoms with E-state index in [1.165, 1.54) is 6.07 Å². The van der Waals surface area contributed by atoms with E-state index in [2.05, 4.69) is 15.5 Å². The Morgan fingerprint density at radius 3 is 3.05 bits per heavy atom. The first-order valence-corrected chi connectivity index (χ1v) is 7.58. The number of nitrogens with one attached hydrogen (secondary N) is 2. The molecule has 1 aromatic rings. The van der Waals surface area contributed by atoms with Gasteiger partial charge in [-0.3, -0.25) is 9.69 Å². The van der Waals surface area contributed by atoms with Gasteiger partial charge in [-0.25, -0.2) is 4.39 Å². The molecule has 1 saturated heterocycles. The SMILES string of the molecule is CNCCNC(=O)C1CCCN(Cc2cccc(F)c2)C1. The molecule has 2 rings (SSSR count). The summed E-state index contributed by atoms with van der Waals surface area (Å²) in [5, 5.41) is 5.97. The van der Waals surface area contributed by atoms with Crippen molar-refractivity contribution in [2.45, 2.75) is 19.4 Å². The van der Waals surface area contributed by atoms with Gasteiger partial charge < -0.3 is 10.6 Å². The van der Waals surface area contributed by atoms with Crippen molar-refractivity contribution in [3.05, 3.63) is 35.6 Å². The predicted molar refractivity (Wildman–Crippen MR) is 81.3 cm³/mol. The van der Waals surface area contributed by atoms with E-state index in [-0.39, 0.29) is 17.6 Å². The smallest absolute Gasteiger partial charge is 0.224 e. The van der Waals surface area contributed by atoms with Crippen molar-refractivity contribution >= 4 is 5.91 Å². The zero-order valence-electron chi connectivity index (χ0n) is 12.6. The average molecular weight is 293 g/mol. The van der Waals surface area contributed by atoms with E-state index in [1.54, 1.807) is 12.1 Å². The molecule has 0 radical (unpaired) electrons. The summed E-state index contributed by atoms with van der Waals surface area (Å²) in [5.41, 5.74) is 0.964. The second-order valence-corrected chi connectivity index (χ2v) is 5.60. The molecule has 1 aliphatic heterocycles. The third kappa shape index (κ3) is 5.10. The van der Waals surface area contributed by atoms with E-state index in [4.69, 9.17) is 0 Å². The van der Waals surface area contributed by atoms with Crippen LogP contribution in [0.25, 0.3) is 0 Å². The standard InChI is InChI=1S/C16H24FN3O/c1-18-7-8-19-16(21)14-5-3-9-20(12-14)11-13-4-2-6-15(17)10-13/h2,4,6,10,14,18H,3,5,7-9,11-12H2,1H3,(H,19,21). The summed E-state index contributed by atoms with van der Waals surface area (Å²) in [6.07, 6.45) is 1.95. The van der Waals surface area contributed by atoms with Crippen LogP contribution in [0, 0.1) is 11.7 Å². The van der Waals surface area contributed by atoms with Crippen LogP contribution in [-0.2, 0) is 11.3 Å². The van der Waals surface area contributed by atoms with Crippen molar-refractivity contribution in [2.24, 2.45) is 5.92 Å². The lowest BCUT2D eigenvalue weighted by atomic mass is 9.96. The van der Waals surface area contributed by atoms with Crippen LogP contribution in [0.3, 0.4) is 0 Å². The van der Waals surface area contributed by atoms with Crippen LogP contribution < -0.4 is 10.6 Å². The Morgan fingerprint density at radius 2 is 2.29 bits per heavy atom. The number of piperidine rings is 1. The largest absolute Gasteiger partial charge is 0.355 e. The highest BCUT2D eigenvalue weighted by atomic mass is 19.1. The number of likely N-dealkylation sites (tertiary alicyclic amines) is 1. The lowest BCUT2D eigenvalue weighted by Crippen LogP contribution is -2.43. The minimum Gasteiger partial charge on any atom is -0.355 e. The molecule has 2 N–H and O–H groups in total. The van der Waals surface area contributed by atoms with Crippen LogP contribution in [0.5, 0.6) is 0 Å². The van der Waals surface area contributed by atoms with E-state index < -0.39 is 0 Å². The summed E-state index contributed by atoms with van der Waals surface area (Å²) < 4.78 is 13.2. The van der Waals surface area contributed by atoms with E-state index in [9.17, 15) is 9.18 Å². The number of nitrogens with zero attached hydrogens (tertiary/aromatic N) is 1. The van der Waals surface area contributed by atoms with E-state index in [0.717, 1.165) is 38.0 Å². The Balaban J connectivity index is 1.84. The number of halogens is 1. The summed E-state index contributed by atoms with van der Waals surface area (Å²) in [7, 11) is 1.87. The molecule has 21 heavy (non-hydrogen) atoms. The molecule has 0 saturated carbocycles. The third-order valence-corrected chi connectivity index (χ3v) is 3.85. The van der Waals surface area contributed by atoms with Gasteiger partial charge >= 0.3 is 0 Å². The van der Waals surface area contributed by atoms with Crippen molar-refractivity contribution < 1.29 is 9.18 Å². The molecule has 4 nitrogen and oxygen atoms in total. The Bertz CT molecular complexity index is 467. The first kappa shape index (κ1) is 15.9.